The van der Waals surface area contributed by atoms with Gasteiger partial charge in [0.15, 0.2) is 18.1 Å². The summed E-state index contributed by atoms with van der Waals surface area (Å²) in [5.41, 5.74) is 0.729. The molecule has 35 heavy (non-hydrogen) atoms. The fraction of sp³-hybridized carbons (Fsp3) is 0.280. The number of allylic oxidation sites excluding steroid dienone is 2. The van der Waals surface area contributed by atoms with E-state index in [1.165, 1.54) is 49.7 Å². The van der Waals surface area contributed by atoms with Gasteiger partial charge in [0.05, 0.1) is 25.2 Å². The van der Waals surface area contributed by atoms with Gasteiger partial charge in [-0.2, -0.15) is 10.1 Å². The third kappa shape index (κ3) is 4.27. The number of carbonyl (C=O) groups excluding carboxylic acids is 3. The zero-order valence-electron chi connectivity index (χ0n) is 18.6. The molecule has 10 heteroatoms. The summed E-state index contributed by atoms with van der Waals surface area (Å²) in [7, 11) is 1.41. The number of anilines is 1. The molecule has 1 aliphatic heterocycles. The summed E-state index contributed by atoms with van der Waals surface area (Å²) in [5, 5.41) is 7.99. The number of carbonyl (C=O) groups is 3. The van der Waals surface area contributed by atoms with E-state index in [9.17, 15) is 18.8 Å². The minimum absolute atomic E-state index is 0.0754. The second kappa shape index (κ2) is 9.14. The molecule has 1 N–H and O–H groups in total. The van der Waals surface area contributed by atoms with Crippen molar-refractivity contribution in [3.8, 4) is 11.5 Å². The largest absolute Gasteiger partial charge is 0.493 e. The van der Waals surface area contributed by atoms with E-state index >= 15 is 0 Å². The molecule has 3 amide bonds. The van der Waals surface area contributed by atoms with Gasteiger partial charge in [0.2, 0.25) is 0 Å². The maximum Gasteiger partial charge on any atom is 0.262 e. The maximum absolute atomic E-state index is 13.1. The molecule has 0 aromatic heterocycles. The fourth-order valence-electron chi connectivity index (χ4n) is 4.98. The van der Waals surface area contributed by atoms with Crippen LogP contribution in [0, 0.1) is 29.5 Å². The molecule has 5 rings (SSSR count). The molecule has 180 valence electrons. The molecule has 2 aromatic carbocycles. The van der Waals surface area contributed by atoms with Crippen molar-refractivity contribution >= 4 is 41.2 Å². The Labute approximate surface area is 205 Å². The number of hydrogen-bond donors (Lipinski definition) is 1. The molecule has 8 nitrogen and oxygen atoms in total. The van der Waals surface area contributed by atoms with E-state index in [-0.39, 0.29) is 47.0 Å². The topological polar surface area (TPSA) is 97.3 Å². The van der Waals surface area contributed by atoms with Gasteiger partial charge in [0, 0.05) is 22.3 Å². The van der Waals surface area contributed by atoms with Gasteiger partial charge >= 0.3 is 0 Å². The summed E-state index contributed by atoms with van der Waals surface area (Å²) in [6, 6.07) is 8.34. The van der Waals surface area contributed by atoms with Crippen LogP contribution in [0.1, 0.15) is 12.0 Å². The Kier molecular flexibility index (Phi) is 6.02. The number of hydrogen-bond acceptors (Lipinski definition) is 6. The number of imide groups is 1. The lowest BCUT2D eigenvalue weighted by Crippen LogP contribution is -2.28. The first-order valence-corrected chi connectivity index (χ1v) is 11.4. The highest BCUT2D eigenvalue weighted by atomic mass is 35.5. The van der Waals surface area contributed by atoms with Crippen LogP contribution in [0.25, 0.3) is 0 Å². The van der Waals surface area contributed by atoms with Crippen molar-refractivity contribution in [2.45, 2.75) is 6.42 Å². The smallest absolute Gasteiger partial charge is 0.262 e. The van der Waals surface area contributed by atoms with Crippen molar-refractivity contribution in [3.63, 3.8) is 0 Å². The lowest BCUT2D eigenvalue weighted by Gasteiger charge is -2.15. The maximum atomic E-state index is 13.1. The Hall–Kier alpha value is -3.72. The number of nitrogens with one attached hydrogen (secondary N) is 1. The quantitative estimate of drug-likeness (QED) is 0.358. The number of rotatable bonds is 7. The highest BCUT2D eigenvalue weighted by Crippen LogP contribution is 2.52. The molecule has 1 saturated heterocycles. The lowest BCUT2D eigenvalue weighted by molar-refractivity contribution is -0.140. The molecule has 2 aromatic rings. The molecule has 0 spiro atoms. The summed E-state index contributed by atoms with van der Waals surface area (Å²) in [4.78, 5) is 38.1. The Morgan fingerprint density at radius 1 is 1.17 bits per heavy atom. The van der Waals surface area contributed by atoms with Gasteiger partial charge in [-0.05, 0) is 48.6 Å². The minimum Gasteiger partial charge on any atom is -0.493 e. The van der Waals surface area contributed by atoms with Gasteiger partial charge in [-0.3, -0.25) is 14.4 Å². The number of nitrogens with zero attached hydrogens (tertiary/aromatic N) is 2. The number of benzene rings is 2. The van der Waals surface area contributed by atoms with Crippen molar-refractivity contribution in [1.82, 2.24) is 5.01 Å². The Balaban J connectivity index is 1.34. The van der Waals surface area contributed by atoms with Crippen LogP contribution >= 0.6 is 11.6 Å². The number of halogens is 2. The Morgan fingerprint density at radius 3 is 2.46 bits per heavy atom. The predicted octanol–water partition coefficient (Wildman–Crippen LogP) is 3.65. The van der Waals surface area contributed by atoms with Crippen LogP contribution in [0.5, 0.6) is 11.5 Å². The highest BCUT2D eigenvalue weighted by Gasteiger charge is 2.59. The molecular formula is C25H21ClFN3O5. The minimum atomic E-state index is -0.489. The van der Waals surface area contributed by atoms with Gasteiger partial charge in [0.25, 0.3) is 17.7 Å². The first kappa shape index (κ1) is 23.0. The number of amides is 3. The highest BCUT2D eigenvalue weighted by molar-refractivity contribution is 6.31. The van der Waals surface area contributed by atoms with Crippen LogP contribution in [0.4, 0.5) is 10.1 Å². The average Bonchev–Trinajstić information content (AvgIpc) is 3.52. The lowest BCUT2D eigenvalue weighted by atomic mass is 9.85. The van der Waals surface area contributed by atoms with E-state index in [0.717, 1.165) is 11.4 Å². The second-order valence-corrected chi connectivity index (χ2v) is 9.04. The summed E-state index contributed by atoms with van der Waals surface area (Å²) >= 11 is 6.20. The molecule has 4 atom stereocenters. The number of hydrazone groups is 1. The van der Waals surface area contributed by atoms with Crippen LogP contribution in [-0.4, -0.2) is 42.7 Å². The third-order valence-electron chi connectivity index (χ3n) is 6.50. The molecule has 0 radical (unpaired) electrons. The van der Waals surface area contributed by atoms with E-state index in [4.69, 9.17) is 21.1 Å². The van der Waals surface area contributed by atoms with E-state index in [1.807, 2.05) is 12.2 Å². The van der Waals surface area contributed by atoms with E-state index < -0.39 is 18.3 Å². The summed E-state index contributed by atoms with van der Waals surface area (Å²) in [5.74, 6) is -1.72. The predicted molar refractivity (Wildman–Crippen MR) is 126 cm³/mol. The second-order valence-electron chi connectivity index (χ2n) is 8.60. The van der Waals surface area contributed by atoms with Gasteiger partial charge in [-0.15, -0.1) is 0 Å². The van der Waals surface area contributed by atoms with Crippen LogP contribution in [0.2, 0.25) is 5.02 Å². The van der Waals surface area contributed by atoms with Crippen molar-refractivity contribution in [3.05, 3.63) is 65.0 Å². The zero-order chi connectivity index (χ0) is 24.7. The first-order valence-electron chi connectivity index (χ1n) is 11.0. The fourth-order valence-corrected chi connectivity index (χ4v) is 5.20. The van der Waals surface area contributed by atoms with Gasteiger partial charge in [-0.1, -0.05) is 23.8 Å². The van der Waals surface area contributed by atoms with Crippen molar-refractivity contribution in [2.24, 2.45) is 28.8 Å². The standard InChI is InChI=1S/C25H21ClFN3O5/c1-34-19-10-16(26)9-15(23(19)35-12-20(31)29-18-6-4-17(27)5-7-18)11-28-30-24(32)21-13-2-3-14(8-13)22(21)25(30)33/h2-7,9-11,13-14,21-22H,8,12H2,1H3,(H,29,31)/t13-,14-,21-,22+/m0/s1. The Morgan fingerprint density at radius 2 is 1.83 bits per heavy atom. The molecule has 2 fully saturated rings. The number of fused-ring (bicyclic) bond motifs is 5. The van der Waals surface area contributed by atoms with Crippen molar-refractivity contribution in [2.75, 3.05) is 19.0 Å². The van der Waals surface area contributed by atoms with E-state index in [1.54, 1.807) is 0 Å². The van der Waals surface area contributed by atoms with Crippen LogP contribution < -0.4 is 14.8 Å². The number of ether oxygens (including phenoxy) is 2. The summed E-state index contributed by atoms with van der Waals surface area (Å²) < 4.78 is 24.1. The van der Waals surface area contributed by atoms with Crippen LogP contribution in [-0.2, 0) is 14.4 Å². The zero-order valence-corrected chi connectivity index (χ0v) is 19.4. The third-order valence-corrected chi connectivity index (χ3v) is 6.72. The van der Waals surface area contributed by atoms with E-state index in [0.29, 0.717) is 16.3 Å². The average molecular weight is 498 g/mol. The van der Waals surface area contributed by atoms with Gasteiger partial charge in [-0.25, -0.2) is 4.39 Å². The molecule has 2 bridgehead atoms. The van der Waals surface area contributed by atoms with Crippen molar-refractivity contribution < 1.29 is 28.2 Å². The summed E-state index contributed by atoms with van der Waals surface area (Å²) in [6.45, 7) is -0.392. The number of methoxy groups -OCH3 is 1. The Bertz CT molecular complexity index is 1230. The first-order chi connectivity index (χ1) is 16.9. The van der Waals surface area contributed by atoms with Crippen LogP contribution in [0.3, 0.4) is 0 Å². The monoisotopic (exact) mass is 497 g/mol. The molecule has 3 aliphatic rings. The normalized spacial score (nSPS) is 24.4. The van der Waals surface area contributed by atoms with Gasteiger partial charge < -0.3 is 14.8 Å². The molecule has 0 unspecified atom stereocenters. The molecule has 1 heterocycles. The molecular weight excluding hydrogens is 477 g/mol. The molecule has 1 saturated carbocycles. The van der Waals surface area contributed by atoms with Gasteiger partial charge in [0.1, 0.15) is 5.82 Å². The molecule has 2 aliphatic carbocycles. The summed E-state index contributed by atoms with van der Waals surface area (Å²) in [6.07, 6.45) is 6.14. The van der Waals surface area contributed by atoms with Crippen LogP contribution in [0.15, 0.2) is 53.7 Å². The van der Waals surface area contributed by atoms with Crippen molar-refractivity contribution in [1.29, 1.82) is 0 Å². The van der Waals surface area contributed by atoms with E-state index in [2.05, 4.69) is 10.4 Å². The SMILES string of the molecule is COc1cc(Cl)cc(C=NN2C(=O)[C@@H]3[C@H](C2=O)[C@H]2C=C[C@H]3C2)c1OCC(=O)Nc1ccc(F)cc1.